The molecule has 0 aliphatic heterocycles. The van der Waals surface area contributed by atoms with Crippen molar-refractivity contribution in [1.82, 2.24) is 5.32 Å². The van der Waals surface area contributed by atoms with Crippen LogP contribution in [0.15, 0.2) is 24.3 Å². The van der Waals surface area contributed by atoms with Gasteiger partial charge in [-0.2, -0.15) is 0 Å². The third-order valence-corrected chi connectivity index (χ3v) is 5.23. The maximum atomic E-state index is 12.1. The third kappa shape index (κ3) is 5.74. The van der Waals surface area contributed by atoms with E-state index in [9.17, 15) is 9.59 Å². The first-order valence-electron chi connectivity index (χ1n) is 9.31. The predicted octanol–water partition coefficient (Wildman–Crippen LogP) is 3.20. The molecule has 2 rings (SSSR count). The van der Waals surface area contributed by atoms with Crippen LogP contribution in [0.3, 0.4) is 0 Å². The lowest BCUT2D eigenvalue weighted by molar-refractivity contribution is -0.144. The summed E-state index contributed by atoms with van der Waals surface area (Å²) in [5.41, 5.74) is 0.684. The Bertz CT molecular complexity index is 685. The second-order valence-electron chi connectivity index (χ2n) is 6.97. The molecule has 3 atom stereocenters. The van der Waals surface area contributed by atoms with Crippen LogP contribution in [0.1, 0.15) is 38.7 Å². The van der Waals surface area contributed by atoms with Crippen LogP contribution in [0.4, 0.5) is 0 Å². The van der Waals surface area contributed by atoms with Gasteiger partial charge in [-0.05, 0) is 30.4 Å². The summed E-state index contributed by atoms with van der Waals surface area (Å²) in [5.74, 6) is 1.28. The monoisotopic (exact) mass is 375 g/mol. The van der Waals surface area contributed by atoms with Gasteiger partial charge in [-0.1, -0.05) is 38.8 Å². The van der Waals surface area contributed by atoms with E-state index in [0.717, 1.165) is 12.8 Å². The fourth-order valence-electron chi connectivity index (χ4n) is 3.42. The molecule has 1 N–H and O–H groups in total. The van der Waals surface area contributed by atoms with Crippen molar-refractivity contribution in [1.29, 1.82) is 0 Å². The van der Waals surface area contributed by atoms with Crippen LogP contribution in [0.25, 0.3) is 6.08 Å². The maximum absolute atomic E-state index is 12.1. The molecule has 27 heavy (non-hydrogen) atoms. The molecule has 1 aromatic rings. The maximum Gasteiger partial charge on any atom is 0.331 e. The van der Waals surface area contributed by atoms with Gasteiger partial charge in [0.15, 0.2) is 18.1 Å². The molecule has 0 unspecified atom stereocenters. The van der Waals surface area contributed by atoms with Crippen molar-refractivity contribution >= 4 is 18.0 Å². The first-order chi connectivity index (χ1) is 13.0. The van der Waals surface area contributed by atoms with Gasteiger partial charge in [0.2, 0.25) is 0 Å². The van der Waals surface area contributed by atoms with E-state index in [1.54, 1.807) is 31.4 Å². The lowest BCUT2D eigenvalue weighted by atomic mass is 9.78. The van der Waals surface area contributed by atoms with Gasteiger partial charge in [-0.15, -0.1) is 0 Å². The average molecular weight is 375 g/mol. The number of hydrogen-bond donors (Lipinski definition) is 1. The van der Waals surface area contributed by atoms with Crippen LogP contribution in [-0.2, 0) is 14.3 Å². The molecular weight excluding hydrogens is 346 g/mol. The molecule has 148 valence electrons. The van der Waals surface area contributed by atoms with Crippen molar-refractivity contribution in [3.05, 3.63) is 29.8 Å². The SMILES string of the molecule is COc1cccc(/C=C/C(=O)OCC(=O)N[C@@H]2CCC[C@@H](C)[C@H]2C)c1OC. The minimum absolute atomic E-state index is 0.150. The van der Waals surface area contributed by atoms with E-state index < -0.39 is 5.97 Å². The number of esters is 1. The molecule has 0 radical (unpaired) electrons. The van der Waals surface area contributed by atoms with Gasteiger partial charge in [-0.3, -0.25) is 4.79 Å². The molecule has 0 heterocycles. The minimum atomic E-state index is -0.583. The molecule has 1 aliphatic rings. The van der Waals surface area contributed by atoms with E-state index in [2.05, 4.69) is 19.2 Å². The zero-order valence-electron chi connectivity index (χ0n) is 16.5. The first-order valence-corrected chi connectivity index (χ1v) is 9.31. The van der Waals surface area contributed by atoms with Crippen LogP contribution >= 0.6 is 0 Å². The molecule has 1 saturated carbocycles. The number of hydrogen-bond acceptors (Lipinski definition) is 5. The number of carbonyl (C=O) groups is 2. The summed E-state index contributed by atoms with van der Waals surface area (Å²) in [4.78, 5) is 24.0. The Balaban J connectivity index is 1.85. The molecule has 1 fully saturated rings. The van der Waals surface area contributed by atoms with E-state index >= 15 is 0 Å². The Labute approximate surface area is 160 Å². The van der Waals surface area contributed by atoms with Crippen molar-refractivity contribution in [2.45, 2.75) is 39.2 Å². The molecule has 6 heteroatoms. The lowest BCUT2D eigenvalue weighted by Crippen LogP contribution is -2.45. The normalized spacial score (nSPS) is 22.3. The summed E-state index contributed by atoms with van der Waals surface area (Å²) >= 11 is 0. The summed E-state index contributed by atoms with van der Waals surface area (Å²) in [6, 6.07) is 5.51. The van der Waals surface area contributed by atoms with Gasteiger partial charge in [0.25, 0.3) is 5.91 Å². The molecule has 0 bridgehead atoms. The van der Waals surface area contributed by atoms with Crippen LogP contribution in [-0.4, -0.2) is 38.7 Å². The Morgan fingerprint density at radius 3 is 2.67 bits per heavy atom. The van der Waals surface area contributed by atoms with E-state index in [1.807, 2.05) is 0 Å². The number of rotatable bonds is 7. The first kappa shape index (κ1) is 20.8. The average Bonchev–Trinajstić information content (AvgIpc) is 2.67. The highest BCUT2D eigenvalue weighted by molar-refractivity contribution is 5.90. The summed E-state index contributed by atoms with van der Waals surface area (Å²) in [6.45, 7) is 4.09. The number of carbonyl (C=O) groups excluding carboxylic acids is 2. The number of para-hydroxylation sites is 1. The smallest absolute Gasteiger partial charge is 0.331 e. The summed E-state index contributed by atoms with van der Waals surface area (Å²) in [7, 11) is 3.08. The van der Waals surface area contributed by atoms with Gasteiger partial charge in [-0.25, -0.2) is 4.79 Å². The predicted molar refractivity (Wildman–Crippen MR) is 104 cm³/mol. The summed E-state index contributed by atoms with van der Waals surface area (Å²) < 4.78 is 15.6. The van der Waals surface area contributed by atoms with Crippen LogP contribution in [0, 0.1) is 11.8 Å². The summed E-state index contributed by atoms with van der Waals surface area (Å²) in [5, 5.41) is 2.98. The topological polar surface area (TPSA) is 73.9 Å². The molecule has 6 nitrogen and oxygen atoms in total. The van der Waals surface area contributed by atoms with E-state index in [0.29, 0.717) is 28.9 Å². The van der Waals surface area contributed by atoms with Crippen LogP contribution in [0.5, 0.6) is 11.5 Å². The van der Waals surface area contributed by atoms with Gasteiger partial charge in [0, 0.05) is 17.7 Å². The zero-order valence-corrected chi connectivity index (χ0v) is 16.5. The fraction of sp³-hybridized carbons (Fsp3) is 0.524. The number of amides is 1. The second-order valence-corrected chi connectivity index (χ2v) is 6.97. The third-order valence-electron chi connectivity index (χ3n) is 5.23. The number of methoxy groups -OCH3 is 2. The summed E-state index contributed by atoms with van der Waals surface area (Å²) in [6.07, 6.45) is 6.13. The molecule has 0 saturated heterocycles. The Kier molecular flexibility index (Phi) is 7.70. The highest BCUT2D eigenvalue weighted by Crippen LogP contribution is 2.31. The van der Waals surface area contributed by atoms with Crippen LogP contribution < -0.4 is 14.8 Å². The fourth-order valence-corrected chi connectivity index (χ4v) is 3.42. The van der Waals surface area contributed by atoms with Crippen molar-refractivity contribution in [3.8, 4) is 11.5 Å². The number of benzene rings is 1. The number of nitrogens with one attached hydrogen (secondary N) is 1. The Hall–Kier alpha value is -2.50. The van der Waals surface area contributed by atoms with Crippen molar-refractivity contribution < 1.29 is 23.8 Å². The largest absolute Gasteiger partial charge is 0.493 e. The molecule has 1 aromatic carbocycles. The van der Waals surface area contributed by atoms with E-state index in [1.165, 1.54) is 19.6 Å². The minimum Gasteiger partial charge on any atom is -0.493 e. The molecule has 0 aromatic heterocycles. The highest BCUT2D eigenvalue weighted by Gasteiger charge is 2.28. The van der Waals surface area contributed by atoms with Crippen molar-refractivity contribution in [3.63, 3.8) is 0 Å². The molecular formula is C21H29NO5. The quantitative estimate of drug-likeness (QED) is 0.585. The van der Waals surface area contributed by atoms with E-state index in [-0.39, 0.29) is 18.6 Å². The van der Waals surface area contributed by atoms with Crippen molar-refractivity contribution in [2.75, 3.05) is 20.8 Å². The Morgan fingerprint density at radius 1 is 1.19 bits per heavy atom. The standard InChI is InChI=1S/C21H29NO5/c1-14-7-5-9-17(15(14)2)22-19(23)13-27-20(24)12-11-16-8-6-10-18(25-3)21(16)26-4/h6,8,10-12,14-15,17H,5,7,9,13H2,1-4H3,(H,22,23)/b12-11+/t14-,15-,17-/m1/s1. The molecule has 1 aliphatic carbocycles. The molecule has 0 spiro atoms. The molecule has 1 amide bonds. The van der Waals surface area contributed by atoms with Gasteiger partial charge < -0.3 is 19.5 Å². The van der Waals surface area contributed by atoms with Gasteiger partial charge >= 0.3 is 5.97 Å². The van der Waals surface area contributed by atoms with Crippen LogP contribution in [0.2, 0.25) is 0 Å². The van der Waals surface area contributed by atoms with Gasteiger partial charge in [0.1, 0.15) is 0 Å². The van der Waals surface area contributed by atoms with Gasteiger partial charge in [0.05, 0.1) is 14.2 Å². The van der Waals surface area contributed by atoms with E-state index in [4.69, 9.17) is 14.2 Å². The van der Waals surface area contributed by atoms with Crippen molar-refractivity contribution in [2.24, 2.45) is 11.8 Å². The second kappa shape index (κ2) is 10.00. The number of ether oxygens (including phenoxy) is 3. The zero-order chi connectivity index (χ0) is 19.8. The Morgan fingerprint density at radius 2 is 1.96 bits per heavy atom. The highest BCUT2D eigenvalue weighted by atomic mass is 16.5. The lowest BCUT2D eigenvalue weighted by Gasteiger charge is -2.34.